The van der Waals surface area contributed by atoms with Crippen molar-refractivity contribution in [3.63, 3.8) is 0 Å². The van der Waals surface area contributed by atoms with Crippen LogP contribution in [0, 0.1) is 5.13 Å². The summed E-state index contributed by atoms with van der Waals surface area (Å²) in [5.41, 5.74) is 0. The number of hydrogen-bond acceptors (Lipinski definition) is 3. The highest BCUT2D eigenvalue weighted by molar-refractivity contribution is 9.10. The van der Waals surface area contributed by atoms with E-state index in [-0.39, 0.29) is 9.35 Å². The Balaban J connectivity index is 2.80. The van der Waals surface area contributed by atoms with E-state index in [1.807, 2.05) is 0 Å². The number of ether oxygens (including phenoxy) is 1. The molecule has 0 aliphatic carbocycles. The minimum absolute atomic E-state index is 0.0921. The highest BCUT2D eigenvalue weighted by Crippen LogP contribution is 2.25. The Morgan fingerprint density at radius 1 is 2.00 bits per heavy atom. The molecule has 0 aromatic carbocycles. The first kappa shape index (κ1) is 5.27. The lowest BCUT2D eigenvalue weighted by atomic mass is 10.5. The minimum atomic E-state index is -2.80. The number of rotatable bonds is 1. The van der Waals surface area contributed by atoms with Crippen LogP contribution in [0.25, 0.3) is 0 Å². The smallest absolute Gasteiger partial charge is 0.348 e. The molecule has 1 rings (SSSR count). The number of carbonyl (C=O) groups is 1. The molecule has 2 nitrogen and oxygen atoms in total. The fourth-order valence-electron chi connectivity index (χ4n) is 0.497. The monoisotopic (exact) mass is 241 g/mol. The maximum absolute atomic E-state index is 12.8. The Morgan fingerprint density at radius 3 is 3.18 bits per heavy atom. The van der Waals surface area contributed by atoms with Crippen LogP contribution in [0.15, 0.2) is 10.5 Å². The summed E-state index contributed by atoms with van der Waals surface area (Å²) in [6.45, 7) is 0. The second-order valence-corrected chi connectivity index (χ2v) is 3.48. The molecule has 0 aliphatic heterocycles. The number of methoxy groups -OCH3 is 1. The molecule has 0 spiro atoms. The lowest BCUT2D eigenvalue weighted by Crippen LogP contribution is -1.96. The van der Waals surface area contributed by atoms with Gasteiger partial charge < -0.3 is 4.74 Å². The molecule has 0 amide bonds. The van der Waals surface area contributed by atoms with Crippen LogP contribution in [-0.4, -0.2) is 13.0 Å². The fraction of sp³-hybridized carbons (Fsp3) is 0.167. The van der Waals surface area contributed by atoms with Crippen LogP contribution >= 0.6 is 27.3 Å². The summed E-state index contributed by atoms with van der Waals surface area (Å²) in [7, 11) is -2.80. The van der Waals surface area contributed by atoms with E-state index in [9.17, 15) is 9.18 Å². The van der Waals surface area contributed by atoms with Gasteiger partial charge in [-0.05, 0) is 22.0 Å². The molecule has 0 unspecified atom stereocenters. The SMILES string of the molecule is [2H]C([2H])([2H])OC(=O)c1cc(Br)c(F)s1. The van der Waals surface area contributed by atoms with Crippen LogP contribution in [-0.2, 0) is 4.74 Å². The Bertz CT molecular complexity index is 343. The van der Waals surface area contributed by atoms with Gasteiger partial charge in [0.05, 0.1) is 15.6 Å². The average Bonchev–Trinajstić information content (AvgIpc) is 2.28. The van der Waals surface area contributed by atoms with Gasteiger partial charge in [0.1, 0.15) is 4.88 Å². The topological polar surface area (TPSA) is 26.3 Å². The molecule has 0 fully saturated rings. The van der Waals surface area contributed by atoms with Gasteiger partial charge in [-0.2, -0.15) is 4.39 Å². The zero-order valence-corrected chi connectivity index (χ0v) is 7.46. The van der Waals surface area contributed by atoms with Gasteiger partial charge in [0.2, 0.25) is 0 Å². The highest BCUT2D eigenvalue weighted by Gasteiger charge is 2.12. The van der Waals surface area contributed by atoms with Gasteiger partial charge in [0.25, 0.3) is 0 Å². The summed E-state index contributed by atoms with van der Waals surface area (Å²) in [5, 5.41) is -0.595. The zero-order valence-electron chi connectivity index (χ0n) is 8.06. The Kier molecular flexibility index (Phi) is 1.59. The van der Waals surface area contributed by atoms with E-state index < -0.39 is 18.1 Å². The normalized spacial score (nSPS) is 14.9. The standard InChI is InChI=1S/C6H4BrFO2S/c1-10-6(9)4-2-3(7)5(8)11-4/h2H,1H3/i1D3. The number of hydrogen-bond donors (Lipinski definition) is 0. The Morgan fingerprint density at radius 2 is 2.73 bits per heavy atom. The van der Waals surface area contributed by atoms with Crippen molar-refractivity contribution >= 4 is 33.2 Å². The summed E-state index contributed by atoms with van der Waals surface area (Å²) >= 11 is 3.38. The predicted molar refractivity (Wildman–Crippen MR) is 43.3 cm³/mol. The van der Waals surface area contributed by atoms with Gasteiger partial charge in [-0.3, -0.25) is 0 Å². The first-order chi connectivity index (χ1) is 6.29. The number of halogens is 2. The summed E-state index contributed by atoms with van der Waals surface area (Å²) in [6, 6.07) is 1.17. The summed E-state index contributed by atoms with van der Waals surface area (Å²) < 4.78 is 36.9. The molecular formula is C6H4BrFO2S. The summed E-state index contributed by atoms with van der Waals surface area (Å²) in [6.07, 6.45) is 0. The lowest BCUT2D eigenvalue weighted by Gasteiger charge is -1.90. The van der Waals surface area contributed by atoms with Crippen molar-refractivity contribution in [1.82, 2.24) is 0 Å². The van der Waals surface area contributed by atoms with Crippen LogP contribution < -0.4 is 0 Å². The third-order valence-corrected chi connectivity index (χ3v) is 2.68. The van der Waals surface area contributed by atoms with Crippen LogP contribution in [0.1, 0.15) is 13.8 Å². The molecule has 1 aromatic heterocycles. The molecule has 1 aromatic rings. The first-order valence-corrected chi connectivity index (χ1v) is 4.09. The predicted octanol–water partition coefficient (Wildman–Crippen LogP) is 2.44. The molecule has 1 heterocycles. The number of carbonyl (C=O) groups excluding carboxylic acids is 1. The minimum Gasteiger partial charge on any atom is -0.465 e. The van der Waals surface area contributed by atoms with Crippen molar-refractivity contribution in [3.8, 4) is 0 Å². The second-order valence-electron chi connectivity index (χ2n) is 1.62. The Labute approximate surface area is 79.3 Å². The summed E-state index contributed by atoms with van der Waals surface area (Å²) in [5.74, 6) is -1.06. The van der Waals surface area contributed by atoms with E-state index in [1.165, 1.54) is 6.07 Å². The average molecular weight is 242 g/mol. The van der Waals surface area contributed by atoms with Gasteiger partial charge in [-0.15, -0.1) is 0 Å². The van der Waals surface area contributed by atoms with Gasteiger partial charge in [0, 0.05) is 0 Å². The van der Waals surface area contributed by atoms with E-state index in [1.54, 1.807) is 0 Å². The van der Waals surface area contributed by atoms with E-state index in [0.29, 0.717) is 11.3 Å². The lowest BCUT2D eigenvalue weighted by molar-refractivity contribution is 0.0606. The highest BCUT2D eigenvalue weighted by atomic mass is 79.9. The van der Waals surface area contributed by atoms with Crippen molar-refractivity contribution < 1.29 is 18.0 Å². The summed E-state index contributed by atoms with van der Waals surface area (Å²) in [4.78, 5) is 11.0. The fourth-order valence-corrected chi connectivity index (χ4v) is 1.77. The number of esters is 1. The first-order valence-electron chi connectivity index (χ1n) is 3.98. The molecule has 11 heavy (non-hydrogen) atoms. The van der Waals surface area contributed by atoms with Crippen LogP contribution in [0.3, 0.4) is 0 Å². The Hall–Kier alpha value is -0.420. The largest absolute Gasteiger partial charge is 0.465 e. The van der Waals surface area contributed by atoms with Gasteiger partial charge in [-0.25, -0.2) is 4.79 Å². The maximum atomic E-state index is 12.8. The van der Waals surface area contributed by atoms with Crippen LogP contribution in [0.5, 0.6) is 0 Å². The molecular weight excluding hydrogens is 235 g/mol. The quantitative estimate of drug-likeness (QED) is 0.707. The number of thiophene rings is 1. The molecule has 0 radical (unpaired) electrons. The van der Waals surface area contributed by atoms with Gasteiger partial charge in [0.15, 0.2) is 5.13 Å². The van der Waals surface area contributed by atoms with Crippen molar-refractivity contribution in [1.29, 1.82) is 0 Å². The molecule has 0 saturated heterocycles. The van der Waals surface area contributed by atoms with Crippen molar-refractivity contribution in [2.45, 2.75) is 0 Å². The zero-order chi connectivity index (χ0) is 10.9. The molecule has 0 bridgehead atoms. The van der Waals surface area contributed by atoms with Crippen molar-refractivity contribution in [2.24, 2.45) is 0 Å². The molecule has 60 valence electrons. The molecule has 0 saturated carbocycles. The van der Waals surface area contributed by atoms with Crippen LogP contribution in [0.2, 0.25) is 0 Å². The van der Waals surface area contributed by atoms with Crippen molar-refractivity contribution in [2.75, 3.05) is 7.04 Å². The van der Waals surface area contributed by atoms with Crippen LogP contribution in [0.4, 0.5) is 4.39 Å². The third-order valence-electron chi connectivity index (χ3n) is 0.939. The van der Waals surface area contributed by atoms with E-state index in [2.05, 4.69) is 20.7 Å². The van der Waals surface area contributed by atoms with E-state index >= 15 is 0 Å². The van der Waals surface area contributed by atoms with Crippen molar-refractivity contribution in [3.05, 3.63) is 20.5 Å². The van der Waals surface area contributed by atoms with E-state index in [4.69, 9.17) is 4.11 Å². The van der Waals surface area contributed by atoms with Gasteiger partial charge >= 0.3 is 5.97 Å². The molecule has 0 aliphatic rings. The molecule has 5 heteroatoms. The molecule has 0 atom stereocenters. The van der Waals surface area contributed by atoms with Gasteiger partial charge in [-0.1, -0.05) is 11.3 Å². The maximum Gasteiger partial charge on any atom is 0.348 e. The second kappa shape index (κ2) is 3.32. The third kappa shape index (κ3) is 1.78. The molecule has 0 N–H and O–H groups in total. The van der Waals surface area contributed by atoms with E-state index in [0.717, 1.165) is 0 Å².